The molecule has 1 aromatic carbocycles. The number of fused-ring (bicyclic) bond motifs is 1. The fourth-order valence-corrected chi connectivity index (χ4v) is 2.20. The van der Waals surface area contributed by atoms with Gasteiger partial charge in [-0.3, -0.25) is 14.4 Å². The van der Waals surface area contributed by atoms with Gasteiger partial charge in [-0.15, -0.1) is 0 Å². The maximum Gasteiger partial charge on any atom is 0.325 e. The lowest BCUT2D eigenvalue weighted by Gasteiger charge is -2.35. The number of halogens is 1. The Balaban J connectivity index is 2.26. The van der Waals surface area contributed by atoms with E-state index in [0.717, 1.165) is 4.90 Å². The van der Waals surface area contributed by atoms with Gasteiger partial charge in [-0.25, -0.2) is 0 Å². The minimum absolute atomic E-state index is 0.283. The molecule has 7 nitrogen and oxygen atoms in total. The molecule has 2 amide bonds. The van der Waals surface area contributed by atoms with Gasteiger partial charge in [0.25, 0.3) is 17.4 Å². The van der Waals surface area contributed by atoms with Crippen LogP contribution in [0.15, 0.2) is 18.2 Å². The number of carbonyl (C=O) groups is 3. The van der Waals surface area contributed by atoms with E-state index in [9.17, 15) is 14.4 Å². The fraction of sp³-hybridized carbons (Fsp3) is 0.357. The summed E-state index contributed by atoms with van der Waals surface area (Å²) < 4.78 is 10.1. The molecule has 1 aromatic rings. The van der Waals surface area contributed by atoms with Gasteiger partial charge in [-0.1, -0.05) is 11.6 Å². The molecular weight excluding hydrogens is 312 g/mol. The summed E-state index contributed by atoms with van der Waals surface area (Å²) in [4.78, 5) is 37.0. The second kappa shape index (κ2) is 5.84. The number of nitrogens with one attached hydrogen (secondary N) is 1. The molecule has 1 aliphatic rings. The predicted molar refractivity (Wildman–Crippen MR) is 78.8 cm³/mol. The molecule has 2 rings (SSSR count). The van der Waals surface area contributed by atoms with Crippen LogP contribution in [0.3, 0.4) is 0 Å². The molecule has 1 aliphatic heterocycles. The lowest BCUT2D eigenvalue weighted by atomic mass is 10.0. The van der Waals surface area contributed by atoms with Gasteiger partial charge in [-0.2, -0.15) is 0 Å². The molecule has 22 heavy (non-hydrogen) atoms. The molecule has 0 saturated carbocycles. The highest BCUT2D eigenvalue weighted by molar-refractivity contribution is 6.31. The molecule has 0 bridgehead atoms. The number of anilines is 1. The van der Waals surface area contributed by atoms with Crippen molar-refractivity contribution >= 4 is 35.1 Å². The first kappa shape index (κ1) is 16.1. The van der Waals surface area contributed by atoms with Crippen molar-refractivity contribution in [2.45, 2.75) is 12.5 Å². The van der Waals surface area contributed by atoms with E-state index in [4.69, 9.17) is 16.3 Å². The van der Waals surface area contributed by atoms with E-state index < -0.39 is 23.4 Å². The number of esters is 1. The standard InChI is InChI=1S/C14H15ClN2O5/c1-14(13(20)17(2)7-11(18)21-3)12(19)16-9-6-8(15)4-5-10(9)22-14/h4-6H,7H2,1-3H3,(H,16,19). The van der Waals surface area contributed by atoms with Crippen molar-refractivity contribution in [3.8, 4) is 5.75 Å². The van der Waals surface area contributed by atoms with E-state index in [0.29, 0.717) is 16.5 Å². The van der Waals surface area contributed by atoms with Crippen molar-refractivity contribution in [3.05, 3.63) is 23.2 Å². The molecular formula is C14H15ClN2O5. The van der Waals surface area contributed by atoms with Crippen LogP contribution in [0.2, 0.25) is 5.02 Å². The van der Waals surface area contributed by atoms with Crippen LogP contribution in [-0.2, 0) is 19.1 Å². The first-order chi connectivity index (χ1) is 10.3. The molecule has 0 aromatic heterocycles. The molecule has 118 valence electrons. The highest BCUT2D eigenvalue weighted by Gasteiger charge is 2.49. The van der Waals surface area contributed by atoms with Crippen LogP contribution in [0.4, 0.5) is 5.69 Å². The van der Waals surface area contributed by atoms with Crippen molar-refractivity contribution in [2.24, 2.45) is 0 Å². The number of amides is 2. The van der Waals surface area contributed by atoms with Crippen LogP contribution in [0.1, 0.15) is 6.92 Å². The summed E-state index contributed by atoms with van der Waals surface area (Å²) in [5, 5.41) is 3.01. The molecule has 1 atom stereocenters. The number of methoxy groups -OCH3 is 1. The van der Waals surface area contributed by atoms with Crippen LogP contribution in [0.5, 0.6) is 5.75 Å². The zero-order chi connectivity index (χ0) is 16.5. The average Bonchev–Trinajstić information content (AvgIpc) is 2.47. The third kappa shape index (κ3) is 2.85. The Morgan fingerprint density at radius 2 is 2.14 bits per heavy atom. The number of hydrogen-bond acceptors (Lipinski definition) is 5. The molecule has 1 unspecified atom stereocenters. The van der Waals surface area contributed by atoms with Gasteiger partial charge in [0.2, 0.25) is 0 Å². The third-order valence-electron chi connectivity index (χ3n) is 3.29. The van der Waals surface area contributed by atoms with E-state index in [1.165, 1.54) is 27.1 Å². The van der Waals surface area contributed by atoms with Gasteiger partial charge in [-0.05, 0) is 25.1 Å². The highest BCUT2D eigenvalue weighted by Crippen LogP contribution is 2.36. The molecule has 1 heterocycles. The van der Waals surface area contributed by atoms with Crippen LogP contribution < -0.4 is 10.1 Å². The van der Waals surface area contributed by atoms with Gasteiger partial charge in [0.1, 0.15) is 12.3 Å². The normalized spacial score (nSPS) is 19.5. The average molecular weight is 327 g/mol. The second-order valence-corrected chi connectivity index (χ2v) is 5.40. The number of likely N-dealkylation sites (N-methyl/N-ethyl adjacent to an activating group) is 1. The summed E-state index contributed by atoms with van der Waals surface area (Å²) in [6, 6.07) is 4.67. The van der Waals surface area contributed by atoms with Crippen LogP contribution in [0.25, 0.3) is 0 Å². The second-order valence-electron chi connectivity index (χ2n) is 4.97. The summed E-state index contributed by atoms with van der Waals surface area (Å²) in [7, 11) is 2.60. The Morgan fingerprint density at radius 3 is 2.77 bits per heavy atom. The van der Waals surface area contributed by atoms with E-state index in [1.54, 1.807) is 12.1 Å². The number of carbonyl (C=O) groups excluding carboxylic acids is 3. The summed E-state index contributed by atoms with van der Waals surface area (Å²) >= 11 is 5.85. The van der Waals surface area contributed by atoms with Gasteiger partial charge in [0.15, 0.2) is 0 Å². The fourth-order valence-electron chi connectivity index (χ4n) is 2.03. The number of benzene rings is 1. The van der Waals surface area contributed by atoms with Gasteiger partial charge < -0.3 is 19.7 Å². The van der Waals surface area contributed by atoms with Crippen molar-refractivity contribution in [1.82, 2.24) is 4.90 Å². The lowest BCUT2D eigenvalue weighted by Crippen LogP contribution is -2.59. The predicted octanol–water partition coefficient (Wildman–Crippen LogP) is 1.06. The summed E-state index contributed by atoms with van der Waals surface area (Å²) in [6.45, 7) is 1.06. The maximum absolute atomic E-state index is 12.5. The van der Waals surface area contributed by atoms with Crippen molar-refractivity contribution < 1.29 is 23.9 Å². The smallest absolute Gasteiger partial charge is 0.325 e. The largest absolute Gasteiger partial charge is 0.468 e. The Kier molecular flexibility index (Phi) is 4.27. The van der Waals surface area contributed by atoms with Crippen molar-refractivity contribution in [1.29, 1.82) is 0 Å². The SMILES string of the molecule is COC(=O)CN(C)C(=O)C1(C)Oc2ccc(Cl)cc2NC1=O. The molecule has 0 fully saturated rings. The Bertz CT molecular complexity index is 648. The third-order valence-corrected chi connectivity index (χ3v) is 3.52. The van der Waals surface area contributed by atoms with Gasteiger partial charge in [0, 0.05) is 12.1 Å². The van der Waals surface area contributed by atoms with Crippen LogP contribution in [0, 0.1) is 0 Å². The lowest BCUT2D eigenvalue weighted by molar-refractivity contribution is -0.157. The van der Waals surface area contributed by atoms with E-state index in [-0.39, 0.29) is 6.54 Å². The Morgan fingerprint density at radius 1 is 1.45 bits per heavy atom. The molecule has 1 N–H and O–H groups in total. The number of ether oxygens (including phenoxy) is 2. The zero-order valence-corrected chi connectivity index (χ0v) is 13.1. The van der Waals surface area contributed by atoms with E-state index in [2.05, 4.69) is 10.1 Å². The van der Waals surface area contributed by atoms with Crippen molar-refractivity contribution in [3.63, 3.8) is 0 Å². The molecule has 0 aliphatic carbocycles. The quantitative estimate of drug-likeness (QED) is 0.663. The molecule has 8 heteroatoms. The van der Waals surface area contributed by atoms with Gasteiger partial charge in [0.05, 0.1) is 12.8 Å². The molecule has 0 radical (unpaired) electrons. The summed E-state index contributed by atoms with van der Waals surface area (Å²) in [6.07, 6.45) is 0. The first-order valence-corrected chi connectivity index (χ1v) is 6.78. The molecule has 0 saturated heterocycles. The number of hydrogen-bond donors (Lipinski definition) is 1. The Labute approximate surface area is 132 Å². The monoisotopic (exact) mass is 326 g/mol. The minimum atomic E-state index is -1.77. The summed E-state index contributed by atoms with van der Waals surface area (Å²) in [5.41, 5.74) is -1.39. The van der Waals surface area contributed by atoms with Gasteiger partial charge >= 0.3 is 5.97 Å². The number of rotatable bonds is 3. The topological polar surface area (TPSA) is 84.9 Å². The minimum Gasteiger partial charge on any atom is -0.468 e. The van der Waals surface area contributed by atoms with E-state index in [1.807, 2.05) is 0 Å². The molecule has 0 spiro atoms. The Hall–Kier alpha value is -2.28. The number of nitrogens with zero attached hydrogens (tertiary/aromatic N) is 1. The summed E-state index contributed by atoms with van der Waals surface area (Å²) in [5.74, 6) is -1.56. The van der Waals surface area contributed by atoms with Crippen molar-refractivity contribution in [2.75, 3.05) is 26.0 Å². The highest BCUT2D eigenvalue weighted by atomic mass is 35.5. The maximum atomic E-state index is 12.5. The van der Waals surface area contributed by atoms with Crippen LogP contribution >= 0.6 is 11.6 Å². The first-order valence-electron chi connectivity index (χ1n) is 6.40. The zero-order valence-electron chi connectivity index (χ0n) is 12.3. The van der Waals surface area contributed by atoms with E-state index >= 15 is 0 Å². The van der Waals surface area contributed by atoms with Crippen LogP contribution in [-0.4, -0.2) is 49.0 Å².